The Kier molecular flexibility index (Phi) is 7.00. The maximum absolute atomic E-state index is 12.8. The Bertz CT molecular complexity index is 886. The van der Waals surface area contributed by atoms with Crippen molar-refractivity contribution in [3.05, 3.63) is 35.8 Å². The molecule has 0 bridgehead atoms. The van der Waals surface area contributed by atoms with E-state index in [1.165, 1.54) is 15.6 Å². The number of thiophene rings is 1. The van der Waals surface area contributed by atoms with Crippen molar-refractivity contribution < 1.29 is 22.7 Å². The van der Waals surface area contributed by atoms with Crippen LogP contribution >= 0.6 is 11.3 Å². The zero-order valence-corrected chi connectivity index (χ0v) is 17.2. The highest BCUT2D eigenvalue weighted by atomic mass is 32.2. The predicted molar refractivity (Wildman–Crippen MR) is 106 cm³/mol. The largest absolute Gasteiger partial charge is 0.474 e. The van der Waals surface area contributed by atoms with Gasteiger partial charge in [-0.05, 0) is 36.4 Å². The number of aromatic nitrogens is 1. The third-order valence-corrected chi connectivity index (χ3v) is 7.64. The van der Waals surface area contributed by atoms with E-state index < -0.39 is 15.9 Å². The highest BCUT2D eigenvalue weighted by molar-refractivity contribution is 7.91. The number of sulfonamides is 1. The van der Waals surface area contributed by atoms with Crippen LogP contribution in [0.2, 0.25) is 0 Å². The Balaban J connectivity index is 1.67. The molecule has 2 aromatic heterocycles. The molecule has 1 fully saturated rings. The van der Waals surface area contributed by atoms with E-state index >= 15 is 0 Å². The summed E-state index contributed by atoms with van der Waals surface area (Å²) in [4.78, 5) is 16.9. The molecule has 3 heterocycles. The molecule has 10 heteroatoms. The van der Waals surface area contributed by atoms with E-state index in [0.717, 1.165) is 0 Å². The molecule has 1 aliphatic heterocycles. The molecule has 0 aromatic carbocycles. The number of nitrogens with one attached hydrogen (secondary N) is 1. The molecule has 1 unspecified atom stereocenters. The summed E-state index contributed by atoms with van der Waals surface area (Å²) < 4.78 is 37.7. The summed E-state index contributed by atoms with van der Waals surface area (Å²) in [5.74, 6) is -0.363. The lowest BCUT2D eigenvalue weighted by Gasteiger charge is -2.30. The first-order chi connectivity index (χ1) is 13.5. The minimum Gasteiger partial charge on any atom is -0.474 e. The number of hydrogen-bond acceptors (Lipinski definition) is 7. The fourth-order valence-electron chi connectivity index (χ4n) is 2.97. The van der Waals surface area contributed by atoms with Crippen LogP contribution in [0.1, 0.15) is 12.8 Å². The first-order valence-electron chi connectivity index (χ1n) is 8.93. The number of amides is 1. The van der Waals surface area contributed by atoms with Crippen molar-refractivity contribution in [2.24, 2.45) is 5.92 Å². The van der Waals surface area contributed by atoms with E-state index in [2.05, 4.69) is 10.3 Å². The fourth-order valence-corrected chi connectivity index (χ4v) is 5.64. The van der Waals surface area contributed by atoms with E-state index in [1.807, 2.05) is 0 Å². The van der Waals surface area contributed by atoms with Crippen molar-refractivity contribution in [1.82, 2.24) is 9.29 Å². The van der Waals surface area contributed by atoms with Gasteiger partial charge in [-0.1, -0.05) is 6.07 Å². The number of hydrogen-bond donors (Lipinski definition) is 1. The lowest BCUT2D eigenvalue weighted by molar-refractivity contribution is -0.120. The highest BCUT2D eigenvalue weighted by Crippen LogP contribution is 2.28. The van der Waals surface area contributed by atoms with Crippen LogP contribution in [0.3, 0.4) is 0 Å². The first kappa shape index (κ1) is 20.7. The van der Waals surface area contributed by atoms with Crippen LogP contribution < -0.4 is 10.1 Å². The summed E-state index contributed by atoms with van der Waals surface area (Å²) >= 11 is 1.18. The van der Waals surface area contributed by atoms with Crippen LogP contribution in [0.15, 0.2) is 40.1 Å². The van der Waals surface area contributed by atoms with Gasteiger partial charge in [0.15, 0.2) is 0 Å². The summed E-state index contributed by atoms with van der Waals surface area (Å²) in [5.41, 5.74) is 0.460. The number of nitrogens with zero attached hydrogens (tertiary/aromatic N) is 2. The monoisotopic (exact) mass is 425 g/mol. The molecule has 0 saturated carbocycles. The van der Waals surface area contributed by atoms with Crippen LogP contribution in [0, 0.1) is 5.92 Å². The molecule has 152 valence electrons. The number of pyridine rings is 1. The zero-order chi connectivity index (χ0) is 20.0. The summed E-state index contributed by atoms with van der Waals surface area (Å²) in [7, 11) is -1.99. The average molecular weight is 426 g/mol. The topological polar surface area (TPSA) is 97.8 Å². The maximum Gasteiger partial charge on any atom is 0.252 e. The van der Waals surface area contributed by atoms with Crippen LogP contribution in [0.25, 0.3) is 0 Å². The number of anilines is 1. The minimum atomic E-state index is -3.56. The third kappa shape index (κ3) is 4.88. The number of ether oxygens (including phenoxy) is 2. The molecule has 1 saturated heterocycles. The van der Waals surface area contributed by atoms with Crippen LogP contribution in [-0.4, -0.2) is 57.0 Å². The molecule has 28 heavy (non-hydrogen) atoms. The summed E-state index contributed by atoms with van der Waals surface area (Å²) in [6, 6.07) is 6.70. The standard InChI is InChI=1S/C18H23N3O5S2/c1-25-10-11-26-18-15(6-2-8-19-18)20-17(22)14-5-3-9-21(13-14)28(23,24)16-7-4-12-27-16/h2,4,6-8,12,14H,3,5,9-11,13H2,1H3,(H,20,22). The zero-order valence-electron chi connectivity index (χ0n) is 15.5. The van der Waals surface area contributed by atoms with Gasteiger partial charge in [-0.2, -0.15) is 4.31 Å². The van der Waals surface area contributed by atoms with Gasteiger partial charge in [-0.15, -0.1) is 11.3 Å². The van der Waals surface area contributed by atoms with Gasteiger partial charge in [0.1, 0.15) is 16.5 Å². The van der Waals surface area contributed by atoms with Gasteiger partial charge >= 0.3 is 0 Å². The lowest BCUT2D eigenvalue weighted by Crippen LogP contribution is -2.43. The van der Waals surface area contributed by atoms with Crippen LogP contribution in [-0.2, 0) is 19.6 Å². The minimum absolute atomic E-state index is 0.159. The molecule has 0 aliphatic carbocycles. The summed E-state index contributed by atoms with van der Waals surface area (Å²) in [6.07, 6.45) is 2.84. The van der Waals surface area contributed by atoms with Gasteiger partial charge < -0.3 is 14.8 Å². The normalized spacial score (nSPS) is 18.0. The molecular formula is C18H23N3O5S2. The van der Waals surface area contributed by atoms with E-state index in [4.69, 9.17) is 9.47 Å². The van der Waals surface area contributed by atoms with Gasteiger partial charge in [-0.25, -0.2) is 13.4 Å². The quantitative estimate of drug-likeness (QED) is 0.651. The van der Waals surface area contributed by atoms with Crippen molar-refractivity contribution in [1.29, 1.82) is 0 Å². The van der Waals surface area contributed by atoms with Crippen molar-refractivity contribution in [3.63, 3.8) is 0 Å². The molecule has 3 rings (SSSR count). The number of rotatable bonds is 8. The van der Waals surface area contributed by atoms with E-state index in [0.29, 0.717) is 48.4 Å². The second kappa shape index (κ2) is 9.46. The summed E-state index contributed by atoms with van der Waals surface area (Å²) in [6.45, 7) is 1.29. The summed E-state index contributed by atoms with van der Waals surface area (Å²) in [5, 5.41) is 4.56. The Labute approximate surface area is 168 Å². The molecule has 2 aromatic rings. The van der Waals surface area contributed by atoms with E-state index in [1.54, 1.807) is 43.0 Å². The second-order valence-electron chi connectivity index (χ2n) is 6.32. The Morgan fingerprint density at radius 2 is 2.21 bits per heavy atom. The lowest BCUT2D eigenvalue weighted by atomic mass is 9.99. The Morgan fingerprint density at radius 1 is 1.36 bits per heavy atom. The molecular weight excluding hydrogens is 402 g/mol. The van der Waals surface area contributed by atoms with Crippen LogP contribution in [0.5, 0.6) is 5.88 Å². The van der Waals surface area contributed by atoms with Crippen molar-refractivity contribution >= 4 is 33.0 Å². The van der Waals surface area contributed by atoms with E-state index in [-0.39, 0.29) is 12.5 Å². The number of methoxy groups -OCH3 is 1. The third-order valence-electron chi connectivity index (χ3n) is 4.40. The van der Waals surface area contributed by atoms with E-state index in [9.17, 15) is 13.2 Å². The van der Waals surface area contributed by atoms with Gasteiger partial charge in [0.05, 0.1) is 12.5 Å². The second-order valence-corrected chi connectivity index (χ2v) is 9.43. The van der Waals surface area contributed by atoms with Crippen LogP contribution in [0.4, 0.5) is 5.69 Å². The van der Waals surface area contributed by atoms with Crippen molar-refractivity contribution in [2.75, 3.05) is 38.7 Å². The smallest absolute Gasteiger partial charge is 0.252 e. The predicted octanol–water partition coefficient (Wildman–Crippen LogP) is 2.21. The van der Waals surface area contributed by atoms with Crippen molar-refractivity contribution in [3.8, 4) is 5.88 Å². The van der Waals surface area contributed by atoms with Gasteiger partial charge in [0, 0.05) is 26.4 Å². The van der Waals surface area contributed by atoms with Gasteiger partial charge in [-0.3, -0.25) is 4.79 Å². The molecule has 0 radical (unpaired) electrons. The number of carbonyl (C=O) groups is 1. The Morgan fingerprint density at radius 3 is 2.96 bits per heavy atom. The SMILES string of the molecule is COCCOc1ncccc1NC(=O)C1CCCN(S(=O)(=O)c2cccs2)C1. The van der Waals surface area contributed by atoms with Gasteiger partial charge in [0.2, 0.25) is 11.8 Å². The first-order valence-corrected chi connectivity index (χ1v) is 11.3. The van der Waals surface area contributed by atoms with Crippen molar-refractivity contribution in [2.45, 2.75) is 17.1 Å². The molecule has 1 aliphatic rings. The number of carbonyl (C=O) groups excluding carboxylic acids is 1. The molecule has 1 atom stereocenters. The molecule has 8 nitrogen and oxygen atoms in total. The Hall–Kier alpha value is -2.01. The van der Waals surface area contributed by atoms with Gasteiger partial charge in [0.25, 0.3) is 10.0 Å². The average Bonchev–Trinajstić information content (AvgIpc) is 3.25. The maximum atomic E-state index is 12.8. The molecule has 1 N–H and O–H groups in total. The number of piperidine rings is 1. The molecule has 1 amide bonds. The highest BCUT2D eigenvalue weighted by Gasteiger charge is 2.34. The molecule has 0 spiro atoms. The fraction of sp³-hybridized carbons (Fsp3) is 0.444.